The first-order chi connectivity index (χ1) is 9.31. The molecule has 0 bridgehead atoms. The Kier molecular flexibility index (Phi) is 3.60. The van der Waals surface area contributed by atoms with Crippen LogP contribution >= 0.6 is 0 Å². The summed E-state index contributed by atoms with van der Waals surface area (Å²) in [6.45, 7) is 4.29. The van der Waals surface area contributed by atoms with E-state index in [4.69, 9.17) is 0 Å². The zero-order chi connectivity index (χ0) is 13.1. The van der Waals surface area contributed by atoms with Crippen molar-refractivity contribution in [2.24, 2.45) is 5.92 Å². The van der Waals surface area contributed by atoms with Crippen LogP contribution in [-0.4, -0.2) is 28.1 Å². The number of hydrogen-bond acceptors (Lipinski definition) is 3. The molecule has 0 amide bonds. The van der Waals surface area contributed by atoms with Gasteiger partial charge in [-0.05, 0) is 62.9 Å². The molecular weight excluding hydrogens is 236 g/mol. The van der Waals surface area contributed by atoms with Crippen LogP contribution in [-0.2, 0) is 6.42 Å². The predicted octanol–water partition coefficient (Wildman–Crippen LogP) is 2.12. The summed E-state index contributed by atoms with van der Waals surface area (Å²) in [4.78, 5) is 1.68. The third kappa shape index (κ3) is 3.01. The summed E-state index contributed by atoms with van der Waals surface area (Å²) in [5.74, 6) is 0.831. The number of nitrogens with one attached hydrogen (secondary N) is 1. The lowest BCUT2D eigenvalue weighted by molar-refractivity contribution is 0.372. The molecule has 19 heavy (non-hydrogen) atoms. The van der Waals surface area contributed by atoms with Crippen molar-refractivity contribution >= 4 is 0 Å². The lowest BCUT2D eigenvalue weighted by Crippen LogP contribution is -2.28. The number of nitrogens with zero attached hydrogens (tertiary/aromatic N) is 3. The van der Waals surface area contributed by atoms with Crippen molar-refractivity contribution in [1.82, 2.24) is 20.3 Å². The highest BCUT2D eigenvalue weighted by molar-refractivity contribution is 5.33. The molecule has 1 fully saturated rings. The third-order valence-corrected chi connectivity index (χ3v) is 3.76. The smallest absolute Gasteiger partial charge is 0.0856 e. The van der Waals surface area contributed by atoms with Crippen molar-refractivity contribution in [3.8, 4) is 5.69 Å². The van der Waals surface area contributed by atoms with Crippen LogP contribution in [0.1, 0.15) is 24.1 Å². The molecule has 0 saturated carbocycles. The van der Waals surface area contributed by atoms with E-state index in [1.54, 1.807) is 11.0 Å². The Labute approximate surface area is 113 Å². The van der Waals surface area contributed by atoms with Gasteiger partial charge in [0, 0.05) is 0 Å². The summed E-state index contributed by atoms with van der Waals surface area (Å²) in [6.07, 6.45) is 5.56. The maximum absolute atomic E-state index is 4.32. The van der Waals surface area contributed by atoms with Crippen molar-refractivity contribution < 1.29 is 0 Å². The van der Waals surface area contributed by atoms with E-state index >= 15 is 0 Å². The van der Waals surface area contributed by atoms with E-state index in [0.717, 1.165) is 17.3 Å². The van der Waals surface area contributed by atoms with Crippen LogP contribution in [0.3, 0.4) is 0 Å². The molecule has 4 nitrogen and oxygen atoms in total. The van der Waals surface area contributed by atoms with Crippen molar-refractivity contribution in [2.45, 2.75) is 26.2 Å². The van der Waals surface area contributed by atoms with Crippen LogP contribution < -0.4 is 5.32 Å². The van der Waals surface area contributed by atoms with E-state index in [2.05, 4.69) is 39.8 Å². The van der Waals surface area contributed by atoms with Crippen LogP contribution in [0.5, 0.6) is 0 Å². The van der Waals surface area contributed by atoms with E-state index in [0.29, 0.717) is 0 Å². The van der Waals surface area contributed by atoms with Crippen molar-refractivity contribution in [1.29, 1.82) is 0 Å². The molecular formula is C15H20N4. The van der Waals surface area contributed by atoms with Gasteiger partial charge in [0.1, 0.15) is 0 Å². The topological polar surface area (TPSA) is 42.7 Å². The van der Waals surface area contributed by atoms with Gasteiger partial charge in [-0.25, -0.2) is 0 Å². The highest BCUT2D eigenvalue weighted by atomic mass is 15.5. The second kappa shape index (κ2) is 5.53. The number of rotatable bonds is 3. The first-order valence-electron chi connectivity index (χ1n) is 7.00. The molecule has 4 heteroatoms. The Bertz CT molecular complexity index is 523. The Morgan fingerprint density at radius 1 is 1.21 bits per heavy atom. The standard InChI is InChI=1S/C15H20N4/c1-12-11-17-19(18-12)15-4-2-13(3-5-15)10-14-6-8-16-9-7-14/h2-5,11,14,16H,6-10H2,1H3. The van der Waals surface area contributed by atoms with Gasteiger partial charge in [0.2, 0.25) is 0 Å². The molecule has 1 aliphatic heterocycles. The fraction of sp³-hybridized carbons (Fsp3) is 0.467. The normalized spacial score (nSPS) is 16.7. The quantitative estimate of drug-likeness (QED) is 0.914. The number of aromatic nitrogens is 3. The van der Waals surface area contributed by atoms with Gasteiger partial charge in [-0.15, -0.1) is 0 Å². The predicted molar refractivity (Wildman–Crippen MR) is 75.4 cm³/mol. The molecule has 2 aromatic rings. The molecule has 1 saturated heterocycles. The molecule has 0 radical (unpaired) electrons. The number of piperidine rings is 1. The van der Waals surface area contributed by atoms with Gasteiger partial charge in [0.05, 0.1) is 17.6 Å². The van der Waals surface area contributed by atoms with Gasteiger partial charge in [-0.1, -0.05) is 12.1 Å². The fourth-order valence-electron chi connectivity index (χ4n) is 2.65. The second-order valence-corrected chi connectivity index (χ2v) is 5.34. The first-order valence-corrected chi connectivity index (χ1v) is 7.00. The Morgan fingerprint density at radius 2 is 1.95 bits per heavy atom. The summed E-state index contributed by atoms with van der Waals surface area (Å²) >= 11 is 0. The minimum atomic E-state index is 0.831. The summed E-state index contributed by atoms with van der Waals surface area (Å²) in [7, 11) is 0. The molecule has 100 valence electrons. The van der Waals surface area contributed by atoms with Gasteiger partial charge in [-0.3, -0.25) is 0 Å². The highest BCUT2D eigenvalue weighted by Crippen LogP contribution is 2.18. The lowest BCUT2D eigenvalue weighted by atomic mass is 9.91. The molecule has 0 atom stereocenters. The van der Waals surface area contributed by atoms with E-state index < -0.39 is 0 Å². The number of aryl methyl sites for hydroxylation is 1. The second-order valence-electron chi connectivity index (χ2n) is 5.34. The van der Waals surface area contributed by atoms with Gasteiger partial charge >= 0.3 is 0 Å². The molecule has 3 rings (SSSR count). The zero-order valence-corrected chi connectivity index (χ0v) is 11.3. The largest absolute Gasteiger partial charge is 0.317 e. The highest BCUT2D eigenvalue weighted by Gasteiger charge is 2.13. The molecule has 1 aliphatic rings. The zero-order valence-electron chi connectivity index (χ0n) is 11.3. The molecule has 1 N–H and O–H groups in total. The summed E-state index contributed by atoms with van der Waals surface area (Å²) in [6, 6.07) is 8.62. The Morgan fingerprint density at radius 3 is 2.58 bits per heavy atom. The van der Waals surface area contributed by atoms with Crippen LogP contribution in [0.25, 0.3) is 5.69 Å². The summed E-state index contributed by atoms with van der Waals surface area (Å²) < 4.78 is 0. The van der Waals surface area contributed by atoms with Gasteiger partial charge < -0.3 is 5.32 Å². The lowest BCUT2D eigenvalue weighted by Gasteiger charge is -2.22. The summed E-state index contributed by atoms with van der Waals surface area (Å²) in [5.41, 5.74) is 3.39. The van der Waals surface area contributed by atoms with Crippen LogP contribution in [0.15, 0.2) is 30.5 Å². The van der Waals surface area contributed by atoms with E-state index in [1.165, 1.54) is 37.9 Å². The van der Waals surface area contributed by atoms with Gasteiger partial charge in [-0.2, -0.15) is 15.0 Å². The average Bonchev–Trinajstić information content (AvgIpc) is 2.87. The third-order valence-electron chi connectivity index (χ3n) is 3.76. The van der Waals surface area contributed by atoms with Crippen molar-refractivity contribution in [2.75, 3.05) is 13.1 Å². The fourth-order valence-corrected chi connectivity index (χ4v) is 2.65. The van der Waals surface area contributed by atoms with Gasteiger partial charge in [0.25, 0.3) is 0 Å². The van der Waals surface area contributed by atoms with Gasteiger partial charge in [0.15, 0.2) is 0 Å². The van der Waals surface area contributed by atoms with Crippen LogP contribution in [0, 0.1) is 12.8 Å². The molecule has 1 aromatic heterocycles. The SMILES string of the molecule is Cc1cnn(-c2ccc(CC3CCNCC3)cc2)n1. The van der Waals surface area contributed by atoms with E-state index in [9.17, 15) is 0 Å². The monoisotopic (exact) mass is 256 g/mol. The Hall–Kier alpha value is -1.68. The molecule has 2 heterocycles. The summed E-state index contributed by atoms with van der Waals surface area (Å²) in [5, 5.41) is 12.0. The minimum absolute atomic E-state index is 0.831. The maximum atomic E-state index is 4.32. The molecule has 0 aliphatic carbocycles. The van der Waals surface area contributed by atoms with Crippen molar-refractivity contribution in [3.63, 3.8) is 0 Å². The van der Waals surface area contributed by atoms with E-state index in [-0.39, 0.29) is 0 Å². The first kappa shape index (κ1) is 12.4. The molecule has 0 spiro atoms. The maximum Gasteiger partial charge on any atom is 0.0856 e. The van der Waals surface area contributed by atoms with Crippen LogP contribution in [0.4, 0.5) is 0 Å². The molecule has 0 unspecified atom stereocenters. The average molecular weight is 256 g/mol. The van der Waals surface area contributed by atoms with E-state index in [1.807, 2.05) is 6.92 Å². The number of benzene rings is 1. The Balaban J connectivity index is 1.68. The van der Waals surface area contributed by atoms with Crippen molar-refractivity contribution in [3.05, 3.63) is 41.7 Å². The minimum Gasteiger partial charge on any atom is -0.317 e. The molecule has 1 aromatic carbocycles. The van der Waals surface area contributed by atoms with Crippen LogP contribution in [0.2, 0.25) is 0 Å². The number of hydrogen-bond donors (Lipinski definition) is 1.